The van der Waals surface area contributed by atoms with E-state index in [0.717, 1.165) is 19.5 Å². The van der Waals surface area contributed by atoms with Gasteiger partial charge in [0.2, 0.25) is 0 Å². The Labute approximate surface area is 129 Å². The van der Waals surface area contributed by atoms with Gasteiger partial charge in [-0.05, 0) is 67.2 Å². The zero-order chi connectivity index (χ0) is 15.6. The summed E-state index contributed by atoms with van der Waals surface area (Å²) >= 11 is 0. The zero-order valence-corrected chi connectivity index (χ0v) is 14.3. The Morgan fingerprint density at radius 1 is 1.10 bits per heavy atom. The molecule has 122 valence electrons. The Morgan fingerprint density at radius 3 is 2.24 bits per heavy atom. The van der Waals surface area contributed by atoms with Crippen LogP contribution in [0, 0.1) is 0 Å². The van der Waals surface area contributed by atoms with Crippen LogP contribution in [0.4, 0.5) is 4.79 Å². The second kappa shape index (κ2) is 6.53. The van der Waals surface area contributed by atoms with Gasteiger partial charge in [-0.2, -0.15) is 0 Å². The number of rotatable bonds is 2. The van der Waals surface area contributed by atoms with Crippen LogP contribution in [0.25, 0.3) is 0 Å². The molecule has 5 nitrogen and oxygen atoms in total. The van der Waals surface area contributed by atoms with E-state index in [-0.39, 0.29) is 6.09 Å². The van der Waals surface area contributed by atoms with Gasteiger partial charge in [-0.15, -0.1) is 0 Å². The summed E-state index contributed by atoms with van der Waals surface area (Å²) < 4.78 is 5.47. The molecule has 0 N–H and O–H groups in total. The quantitative estimate of drug-likeness (QED) is 0.781. The molecule has 2 saturated heterocycles. The molecule has 0 aromatic heterocycles. The third kappa shape index (κ3) is 4.58. The molecule has 0 bridgehead atoms. The number of amides is 1. The molecule has 1 amide bonds. The summed E-state index contributed by atoms with van der Waals surface area (Å²) in [5.41, 5.74) is -0.408. The highest BCUT2D eigenvalue weighted by Gasteiger charge is 2.34. The topological polar surface area (TPSA) is 36.0 Å². The highest BCUT2D eigenvalue weighted by Crippen LogP contribution is 2.23. The van der Waals surface area contributed by atoms with Crippen LogP contribution in [-0.2, 0) is 4.74 Å². The molecule has 0 radical (unpaired) electrons. The van der Waals surface area contributed by atoms with E-state index < -0.39 is 5.60 Å². The van der Waals surface area contributed by atoms with E-state index in [1.54, 1.807) is 0 Å². The lowest BCUT2D eigenvalue weighted by atomic mass is 10.0. The minimum Gasteiger partial charge on any atom is -0.444 e. The van der Waals surface area contributed by atoms with Gasteiger partial charge in [0, 0.05) is 25.2 Å². The minimum atomic E-state index is -0.408. The highest BCUT2D eigenvalue weighted by atomic mass is 16.6. The van der Waals surface area contributed by atoms with Crippen molar-refractivity contribution in [2.45, 2.75) is 57.7 Å². The van der Waals surface area contributed by atoms with Gasteiger partial charge in [0.15, 0.2) is 0 Å². The summed E-state index contributed by atoms with van der Waals surface area (Å²) in [6.07, 6.45) is 3.36. The van der Waals surface area contributed by atoms with E-state index in [2.05, 4.69) is 23.9 Å². The summed E-state index contributed by atoms with van der Waals surface area (Å²) in [5.74, 6) is 0. The number of hydrogen-bond donors (Lipinski definition) is 0. The first-order chi connectivity index (χ1) is 9.76. The molecular weight excluding hydrogens is 266 g/mol. The van der Waals surface area contributed by atoms with Gasteiger partial charge < -0.3 is 14.5 Å². The molecule has 2 rings (SSSR count). The molecule has 21 heavy (non-hydrogen) atoms. The van der Waals surface area contributed by atoms with Crippen molar-refractivity contribution < 1.29 is 9.53 Å². The van der Waals surface area contributed by atoms with Crippen LogP contribution in [0.15, 0.2) is 0 Å². The van der Waals surface area contributed by atoms with Crippen LogP contribution in [0.1, 0.15) is 40.0 Å². The fourth-order valence-electron chi connectivity index (χ4n) is 3.27. The zero-order valence-electron chi connectivity index (χ0n) is 14.3. The first-order valence-electron chi connectivity index (χ1n) is 8.14. The molecule has 2 fully saturated rings. The largest absolute Gasteiger partial charge is 0.444 e. The molecular formula is C16H31N3O2. The van der Waals surface area contributed by atoms with E-state index in [9.17, 15) is 4.79 Å². The second-order valence-electron chi connectivity index (χ2n) is 7.57. The fourth-order valence-corrected chi connectivity index (χ4v) is 3.27. The Balaban J connectivity index is 1.83. The van der Waals surface area contributed by atoms with Gasteiger partial charge in [0.1, 0.15) is 5.60 Å². The first-order valence-corrected chi connectivity index (χ1v) is 8.14. The van der Waals surface area contributed by atoms with Gasteiger partial charge in [-0.3, -0.25) is 4.90 Å². The van der Waals surface area contributed by atoms with Crippen molar-refractivity contribution in [2.75, 3.05) is 40.3 Å². The number of likely N-dealkylation sites (N-methyl/N-ethyl adjacent to an activating group) is 1. The number of likely N-dealkylation sites (tertiary alicyclic amines) is 2. The third-order valence-corrected chi connectivity index (χ3v) is 4.66. The van der Waals surface area contributed by atoms with Gasteiger partial charge in [0.25, 0.3) is 0 Å². The normalized spacial score (nSPS) is 25.6. The third-order valence-electron chi connectivity index (χ3n) is 4.66. The summed E-state index contributed by atoms with van der Waals surface area (Å²) in [4.78, 5) is 18.9. The summed E-state index contributed by atoms with van der Waals surface area (Å²) in [5, 5.41) is 0. The monoisotopic (exact) mass is 297 g/mol. The molecule has 2 aliphatic heterocycles. The first kappa shape index (κ1) is 16.6. The SMILES string of the molecule is CN1CCC(N(C)C2CCN(C(=O)OC(C)(C)C)C2)CC1. The Hall–Kier alpha value is -0.810. The number of hydrogen-bond acceptors (Lipinski definition) is 4. The number of nitrogens with zero attached hydrogens (tertiary/aromatic N) is 3. The van der Waals surface area contributed by atoms with Crippen LogP contribution in [-0.4, -0.2) is 78.8 Å². The van der Waals surface area contributed by atoms with Crippen molar-refractivity contribution in [3.05, 3.63) is 0 Å². The molecule has 0 aromatic rings. The second-order valence-corrected chi connectivity index (χ2v) is 7.57. The van der Waals surface area contributed by atoms with Gasteiger partial charge in [-0.1, -0.05) is 0 Å². The standard InChI is InChI=1S/C16H31N3O2/c1-16(2,3)21-15(20)19-11-8-14(12-19)18(5)13-6-9-17(4)10-7-13/h13-14H,6-12H2,1-5H3. The van der Waals surface area contributed by atoms with E-state index in [4.69, 9.17) is 4.74 Å². The molecule has 0 aliphatic carbocycles. The van der Waals surface area contributed by atoms with Crippen molar-refractivity contribution >= 4 is 6.09 Å². The molecule has 0 spiro atoms. The lowest BCUT2D eigenvalue weighted by molar-refractivity contribution is 0.0271. The van der Waals surface area contributed by atoms with Crippen molar-refractivity contribution in [2.24, 2.45) is 0 Å². The smallest absolute Gasteiger partial charge is 0.410 e. The molecule has 2 aliphatic rings. The van der Waals surface area contributed by atoms with Gasteiger partial charge in [0.05, 0.1) is 0 Å². The lowest BCUT2D eigenvalue weighted by Crippen LogP contribution is -2.47. The average molecular weight is 297 g/mol. The van der Waals surface area contributed by atoms with E-state index in [1.165, 1.54) is 25.9 Å². The number of piperidine rings is 1. The maximum absolute atomic E-state index is 12.1. The van der Waals surface area contributed by atoms with E-state index in [0.29, 0.717) is 12.1 Å². The van der Waals surface area contributed by atoms with E-state index >= 15 is 0 Å². The average Bonchev–Trinajstić information content (AvgIpc) is 2.86. The molecule has 5 heteroatoms. The van der Waals surface area contributed by atoms with Crippen LogP contribution < -0.4 is 0 Å². The Kier molecular flexibility index (Phi) is 5.15. The predicted octanol–water partition coefficient (Wildman–Crippen LogP) is 2.02. The van der Waals surface area contributed by atoms with Crippen molar-refractivity contribution in [1.82, 2.24) is 14.7 Å². The minimum absolute atomic E-state index is 0.165. The molecule has 1 atom stereocenters. The summed E-state index contributed by atoms with van der Waals surface area (Å²) in [6, 6.07) is 1.13. The maximum Gasteiger partial charge on any atom is 0.410 e. The highest BCUT2D eigenvalue weighted by molar-refractivity contribution is 5.68. The lowest BCUT2D eigenvalue weighted by Gasteiger charge is -2.38. The van der Waals surface area contributed by atoms with Crippen LogP contribution in [0.5, 0.6) is 0 Å². The van der Waals surface area contributed by atoms with Crippen molar-refractivity contribution in [1.29, 1.82) is 0 Å². The maximum atomic E-state index is 12.1. The summed E-state index contributed by atoms with van der Waals surface area (Å²) in [7, 11) is 4.41. The van der Waals surface area contributed by atoms with Crippen LogP contribution in [0.2, 0.25) is 0 Å². The number of carbonyl (C=O) groups excluding carboxylic acids is 1. The Bertz CT molecular complexity index is 359. The van der Waals surface area contributed by atoms with Gasteiger partial charge in [-0.25, -0.2) is 4.79 Å². The molecule has 1 unspecified atom stereocenters. The van der Waals surface area contributed by atoms with Crippen LogP contribution >= 0.6 is 0 Å². The molecule has 0 saturated carbocycles. The number of carbonyl (C=O) groups is 1. The van der Waals surface area contributed by atoms with Crippen molar-refractivity contribution in [3.63, 3.8) is 0 Å². The van der Waals surface area contributed by atoms with E-state index in [1.807, 2.05) is 25.7 Å². The fraction of sp³-hybridized carbons (Fsp3) is 0.938. The summed E-state index contributed by atoms with van der Waals surface area (Å²) in [6.45, 7) is 9.73. The van der Waals surface area contributed by atoms with Gasteiger partial charge >= 0.3 is 6.09 Å². The number of ether oxygens (including phenoxy) is 1. The van der Waals surface area contributed by atoms with Crippen LogP contribution in [0.3, 0.4) is 0 Å². The predicted molar refractivity (Wildman–Crippen MR) is 84.5 cm³/mol. The Morgan fingerprint density at radius 2 is 1.67 bits per heavy atom. The molecule has 0 aromatic carbocycles. The molecule has 2 heterocycles. The van der Waals surface area contributed by atoms with Crippen molar-refractivity contribution in [3.8, 4) is 0 Å².